The van der Waals surface area contributed by atoms with Crippen molar-refractivity contribution in [1.29, 1.82) is 0 Å². The average Bonchev–Trinajstić information content (AvgIpc) is 3.34. The zero-order valence-corrected chi connectivity index (χ0v) is 20.7. The van der Waals surface area contributed by atoms with Gasteiger partial charge in [-0.15, -0.1) is 0 Å². The maximum Gasteiger partial charge on any atom is 0.0772 e. The second kappa shape index (κ2) is 7.32. The van der Waals surface area contributed by atoms with Gasteiger partial charge in [0.2, 0.25) is 0 Å². The van der Waals surface area contributed by atoms with Gasteiger partial charge in [-0.3, -0.25) is 4.98 Å². The quantitative estimate of drug-likeness (QED) is 0.263. The van der Waals surface area contributed by atoms with Gasteiger partial charge in [0, 0.05) is 33.6 Å². The Hall–Kier alpha value is -4.37. The van der Waals surface area contributed by atoms with E-state index in [0.717, 1.165) is 28.2 Å². The van der Waals surface area contributed by atoms with E-state index in [1.807, 2.05) is 24.4 Å². The van der Waals surface area contributed by atoms with Crippen molar-refractivity contribution in [2.24, 2.45) is 0 Å². The number of aromatic nitrogens is 2. The number of benzene rings is 4. The first-order chi connectivity index (χ1) is 17.5. The molecule has 0 saturated carbocycles. The van der Waals surface area contributed by atoms with Crippen molar-refractivity contribution in [1.82, 2.24) is 9.55 Å². The zero-order valence-electron chi connectivity index (χ0n) is 20.7. The normalized spacial score (nSPS) is 13.8. The summed E-state index contributed by atoms with van der Waals surface area (Å²) in [5, 5.41) is 2.55. The number of rotatable bonds is 2. The minimum Gasteiger partial charge on any atom is -0.398 e. The van der Waals surface area contributed by atoms with Crippen molar-refractivity contribution in [2.45, 2.75) is 26.2 Å². The molecule has 2 heterocycles. The van der Waals surface area contributed by atoms with E-state index in [2.05, 4.69) is 98.1 Å². The molecular weight excluding hydrogens is 438 g/mol. The van der Waals surface area contributed by atoms with E-state index < -0.39 is 0 Å². The van der Waals surface area contributed by atoms with Crippen molar-refractivity contribution in [2.75, 3.05) is 5.73 Å². The summed E-state index contributed by atoms with van der Waals surface area (Å²) in [6.07, 6.45) is 1.84. The molecule has 0 unspecified atom stereocenters. The molecule has 174 valence electrons. The van der Waals surface area contributed by atoms with Crippen molar-refractivity contribution >= 4 is 27.5 Å². The number of para-hydroxylation sites is 1. The lowest BCUT2D eigenvalue weighted by molar-refractivity contribution is 0.661. The molecule has 3 heteroatoms. The SMILES string of the molecule is Cc1cccnc1-c1c(N)cccc1-n1c2ccccc2c2c3c(ccc21)C(C)(C)c1ccccc1-3. The molecule has 7 rings (SSSR count). The molecule has 1 aliphatic carbocycles. The number of hydrogen-bond donors (Lipinski definition) is 1. The predicted octanol–water partition coefficient (Wildman–Crippen LogP) is 8.04. The first kappa shape index (κ1) is 21.0. The number of anilines is 1. The zero-order chi connectivity index (χ0) is 24.6. The molecular formula is C33H27N3. The number of nitrogen functional groups attached to an aromatic ring is 1. The highest BCUT2D eigenvalue weighted by molar-refractivity contribution is 6.18. The van der Waals surface area contributed by atoms with Crippen LogP contribution in [-0.2, 0) is 5.41 Å². The van der Waals surface area contributed by atoms with Gasteiger partial charge >= 0.3 is 0 Å². The molecule has 3 nitrogen and oxygen atoms in total. The van der Waals surface area contributed by atoms with Crippen molar-refractivity contribution in [3.63, 3.8) is 0 Å². The number of nitrogens with zero attached hydrogens (tertiary/aromatic N) is 2. The maximum absolute atomic E-state index is 6.65. The summed E-state index contributed by atoms with van der Waals surface area (Å²) in [6, 6.07) is 32.4. The van der Waals surface area contributed by atoms with E-state index in [0.29, 0.717) is 0 Å². The van der Waals surface area contributed by atoms with E-state index in [1.54, 1.807) is 0 Å². The minimum absolute atomic E-state index is 0.0449. The molecule has 2 aromatic heterocycles. The molecule has 0 amide bonds. The van der Waals surface area contributed by atoms with E-state index in [4.69, 9.17) is 10.7 Å². The largest absolute Gasteiger partial charge is 0.398 e. The van der Waals surface area contributed by atoms with Crippen LogP contribution in [0.1, 0.15) is 30.5 Å². The van der Waals surface area contributed by atoms with Crippen molar-refractivity contribution in [3.05, 3.63) is 114 Å². The molecule has 0 spiro atoms. The summed E-state index contributed by atoms with van der Waals surface area (Å²) in [4.78, 5) is 4.75. The van der Waals surface area contributed by atoms with Crippen LogP contribution in [0.2, 0.25) is 0 Å². The molecule has 0 atom stereocenters. The lowest BCUT2D eigenvalue weighted by Gasteiger charge is -2.21. The summed E-state index contributed by atoms with van der Waals surface area (Å²) >= 11 is 0. The minimum atomic E-state index is -0.0449. The van der Waals surface area contributed by atoms with Crippen LogP contribution in [0.4, 0.5) is 5.69 Å². The number of hydrogen-bond acceptors (Lipinski definition) is 2. The molecule has 0 radical (unpaired) electrons. The van der Waals surface area contributed by atoms with Gasteiger partial charge in [0.15, 0.2) is 0 Å². The Morgan fingerprint density at radius 1 is 0.722 bits per heavy atom. The highest BCUT2D eigenvalue weighted by Gasteiger charge is 2.37. The van der Waals surface area contributed by atoms with Crippen LogP contribution in [-0.4, -0.2) is 9.55 Å². The summed E-state index contributed by atoms with van der Waals surface area (Å²) in [6.45, 7) is 6.77. The third kappa shape index (κ3) is 2.66. The Morgan fingerprint density at radius 3 is 2.39 bits per heavy atom. The Bertz CT molecular complexity index is 1840. The number of nitrogens with two attached hydrogens (primary N) is 1. The number of aryl methyl sites for hydroxylation is 1. The van der Waals surface area contributed by atoms with E-state index in [-0.39, 0.29) is 5.41 Å². The summed E-state index contributed by atoms with van der Waals surface area (Å²) in [5.74, 6) is 0. The fourth-order valence-electron chi connectivity index (χ4n) is 6.26. The van der Waals surface area contributed by atoms with Crippen LogP contribution in [0.15, 0.2) is 97.2 Å². The first-order valence-corrected chi connectivity index (χ1v) is 12.5. The first-order valence-electron chi connectivity index (χ1n) is 12.5. The third-order valence-corrected chi connectivity index (χ3v) is 7.94. The fourth-order valence-corrected chi connectivity index (χ4v) is 6.26. The predicted molar refractivity (Wildman–Crippen MR) is 151 cm³/mol. The van der Waals surface area contributed by atoms with Gasteiger partial charge in [0.25, 0.3) is 0 Å². The van der Waals surface area contributed by atoms with Gasteiger partial charge in [-0.05, 0) is 65.1 Å². The Kier molecular flexibility index (Phi) is 4.26. The molecule has 0 aliphatic heterocycles. The highest BCUT2D eigenvalue weighted by atomic mass is 15.0. The number of pyridine rings is 1. The second-order valence-corrected chi connectivity index (χ2v) is 10.3. The van der Waals surface area contributed by atoms with Gasteiger partial charge in [-0.25, -0.2) is 0 Å². The molecule has 1 aliphatic rings. The number of fused-ring (bicyclic) bond motifs is 7. The molecule has 0 saturated heterocycles. The van der Waals surface area contributed by atoms with E-state index in [1.165, 1.54) is 44.1 Å². The van der Waals surface area contributed by atoms with Gasteiger partial charge in [-0.2, -0.15) is 0 Å². The Morgan fingerprint density at radius 2 is 1.53 bits per heavy atom. The van der Waals surface area contributed by atoms with Gasteiger partial charge in [0.05, 0.1) is 22.4 Å². The molecule has 2 N–H and O–H groups in total. The summed E-state index contributed by atoms with van der Waals surface area (Å²) < 4.78 is 2.37. The van der Waals surface area contributed by atoms with Crippen LogP contribution in [0.5, 0.6) is 0 Å². The molecule has 36 heavy (non-hydrogen) atoms. The second-order valence-electron chi connectivity index (χ2n) is 10.3. The lowest BCUT2D eigenvalue weighted by atomic mass is 9.82. The Balaban J connectivity index is 1.66. The van der Waals surface area contributed by atoms with E-state index >= 15 is 0 Å². The smallest absolute Gasteiger partial charge is 0.0772 e. The van der Waals surface area contributed by atoms with Crippen LogP contribution in [0, 0.1) is 6.92 Å². The Labute approximate surface area is 210 Å². The molecule has 0 fully saturated rings. The average molecular weight is 466 g/mol. The molecule has 6 aromatic rings. The van der Waals surface area contributed by atoms with Crippen molar-refractivity contribution < 1.29 is 0 Å². The third-order valence-electron chi connectivity index (χ3n) is 7.94. The van der Waals surface area contributed by atoms with Crippen LogP contribution in [0.3, 0.4) is 0 Å². The van der Waals surface area contributed by atoms with Gasteiger partial charge in [-0.1, -0.05) is 74.5 Å². The van der Waals surface area contributed by atoms with Gasteiger partial charge < -0.3 is 10.3 Å². The van der Waals surface area contributed by atoms with Gasteiger partial charge in [0.1, 0.15) is 0 Å². The van der Waals surface area contributed by atoms with Crippen LogP contribution < -0.4 is 5.73 Å². The highest BCUT2D eigenvalue weighted by Crippen LogP contribution is 2.53. The lowest BCUT2D eigenvalue weighted by Crippen LogP contribution is -2.14. The maximum atomic E-state index is 6.65. The topological polar surface area (TPSA) is 43.8 Å². The van der Waals surface area contributed by atoms with E-state index in [9.17, 15) is 0 Å². The van der Waals surface area contributed by atoms with Crippen molar-refractivity contribution in [3.8, 4) is 28.1 Å². The summed E-state index contributed by atoms with van der Waals surface area (Å²) in [7, 11) is 0. The molecule has 4 aromatic carbocycles. The summed E-state index contributed by atoms with van der Waals surface area (Å²) in [5.41, 5.74) is 19.2. The fraction of sp³-hybridized carbons (Fsp3) is 0.121. The molecule has 0 bridgehead atoms. The standard InChI is InChI=1S/C33H27N3/c1-20-10-9-19-35-32(20)31-25(34)14-8-16-27(31)36-26-15-7-5-12-22(26)30-28(36)18-17-24-29(30)21-11-4-6-13-23(21)33(24,2)3/h4-19H,34H2,1-3H3. The van der Waals surface area contributed by atoms with Crippen LogP contribution >= 0.6 is 0 Å². The van der Waals surface area contributed by atoms with Crippen LogP contribution in [0.25, 0.3) is 49.9 Å². The monoisotopic (exact) mass is 465 g/mol.